The van der Waals surface area contributed by atoms with Gasteiger partial charge in [0.1, 0.15) is 5.82 Å². The van der Waals surface area contributed by atoms with Crippen LogP contribution in [0, 0.1) is 18.7 Å². The molecule has 3 atom stereocenters. The van der Waals surface area contributed by atoms with E-state index in [-0.39, 0.29) is 11.9 Å². The van der Waals surface area contributed by atoms with Crippen LogP contribution >= 0.6 is 0 Å². The summed E-state index contributed by atoms with van der Waals surface area (Å²) in [6, 6.07) is 32.9. The highest BCUT2D eigenvalue weighted by Gasteiger charge is 2.37. The fourth-order valence-electron chi connectivity index (χ4n) is 6.26. The number of aromatic nitrogens is 1. The van der Waals surface area contributed by atoms with E-state index in [0.717, 1.165) is 28.7 Å². The average molecular weight is 512 g/mol. The lowest BCUT2D eigenvalue weighted by atomic mass is 9.76. The molecule has 3 nitrogen and oxygen atoms in total. The van der Waals surface area contributed by atoms with E-state index < -0.39 is 0 Å². The molecule has 0 saturated carbocycles. The number of rotatable bonds is 5. The predicted octanol–water partition coefficient (Wildman–Crippen LogP) is 8.71. The third-order valence-corrected chi connectivity index (χ3v) is 8.25. The fraction of sp³-hybridized carbons (Fsp3) is 0.171. The minimum Gasteiger partial charge on any atom is -0.378 e. The minimum absolute atomic E-state index is 0.192. The molecule has 0 unspecified atom stereocenters. The molecule has 1 aliphatic carbocycles. The number of fused-ring (bicyclic) bond motifs is 4. The SMILES string of the molecule is Cc1ccc2c(c1)[C@@H]1C=CC[C@H]1[C@H](c1ccc(N=Cc3cc4ccccc4n3Cc3ccccc3F)cc1)N2. The van der Waals surface area contributed by atoms with Crippen molar-refractivity contribution in [2.24, 2.45) is 10.9 Å². The van der Waals surface area contributed by atoms with Gasteiger partial charge in [-0.25, -0.2) is 4.39 Å². The zero-order chi connectivity index (χ0) is 26.3. The normalized spacial score (nSPS) is 19.8. The Morgan fingerprint density at radius 1 is 0.949 bits per heavy atom. The van der Waals surface area contributed by atoms with Crippen LogP contribution in [-0.4, -0.2) is 10.8 Å². The average Bonchev–Trinajstić information content (AvgIpc) is 3.59. The molecule has 0 spiro atoms. The maximum atomic E-state index is 14.5. The maximum absolute atomic E-state index is 14.5. The highest BCUT2D eigenvalue weighted by Crippen LogP contribution is 2.50. The molecule has 0 fully saturated rings. The second kappa shape index (κ2) is 9.70. The molecule has 5 aromatic rings. The number of benzene rings is 4. The zero-order valence-electron chi connectivity index (χ0n) is 21.9. The largest absolute Gasteiger partial charge is 0.378 e. The molecule has 0 radical (unpaired) electrons. The van der Waals surface area contributed by atoms with E-state index in [1.54, 1.807) is 6.07 Å². The summed E-state index contributed by atoms with van der Waals surface area (Å²) in [5, 5.41) is 4.94. The number of halogens is 1. The van der Waals surface area contributed by atoms with E-state index >= 15 is 0 Å². The third-order valence-electron chi connectivity index (χ3n) is 8.25. The first-order valence-electron chi connectivity index (χ1n) is 13.6. The van der Waals surface area contributed by atoms with E-state index in [2.05, 4.69) is 89.6 Å². The Labute approximate surface area is 228 Å². The fourth-order valence-corrected chi connectivity index (χ4v) is 6.26. The highest BCUT2D eigenvalue weighted by atomic mass is 19.1. The lowest BCUT2D eigenvalue weighted by Crippen LogP contribution is -2.29. The minimum atomic E-state index is -0.192. The van der Waals surface area contributed by atoms with Crippen molar-refractivity contribution < 1.29 is 4.39 Å². The Bertz CT molecular complexity index is 1730. The van der Waals surface area contributed by atoms with E-state index in [0.29, 0.717) is 23.9 Å². The Balaban J connectivity index is 1.16. The van der Waals surface area contributed by atoms with Crippen LogP contribution in [0.1, 0.15) is 46.3 Å². The number of nitrogens with zero attached hydrogens (tertiary/aromatic N) is 2. The summed E-state index contributed by atoms with van der Waals surface area (Å²) in [7, 11) is 0. The van der Waals surface area contributed by atoms with Crippen molar-refractivity contribution in [3.05, 3.63) is 143 Å². The van der Waals surface area contributed by atoms with Gasteiger partial charge in [-0.05, 0) is 66.8 Å². The van der Waals surface area contributed by atoms with Crippen LogP contribution < -0.4 is 5.32 Å². The van der Waals surface area contributed by atoms with Gasteiger partial charge in [-0.2, -0.15) is 0 Å². The number of aryl methyl sites for hydroxylation is 1. The quantitative estimate of drug-likeness (QED) is 0.186. The molecule has 4 heteroatoms. The summed E-state index contributed by atoms with van der Waals surface area (Å²) in [5.74, 6) is 0.783. The van der Waals surface area contributed by atoms with E-state index in [1.807, 2.05) is 30.5 Å². The van der Waals surface area contributed by atoms with Gasteiger partial charge in [0, 0.05) is 28.1 Å². The lowest BCUT2D eigenvalue weighted by Gasteiger charge is -2.37. The predicted molar refractivity (Wildman–Crippen MR) is 159 cm³/mol. The number of anilines is 1. The summed E-state index contributed by atoms with van der Waals surface area (Å²) in [6.07, 6.45) is 7.70. The molecule has 2 aliphatic rings. The van der Waals surface area contributed by atoms with Gasteiger partial charge < -0.3 is 9.88 Å². The number of aliphatic imine (C=N–C) groups is 1. The molecular formula is C35H30FN3. The van der Waals surface area contributed by atoms with E-state index in [1.165, 1.54) is 28.4 Å². The maximum Gasteiger partial charge on any atom is 0.128 e. The second-order valence-electron chi connectivity index (χ2n) is 10.7. The molecule has 0 amide bonds. The Kier molecular flexibility index (Phi) is 5.89. The Morgan fingerprint density at radius 3 is 2.64 bits per heavy atom. The summed E-state index contributed by atoms with van der Waals surface area (Å²) >= 11 is 0. The van der Waals surface area contributed by atoms with Crippen molar-refractivity contribution in [2.45, 2.75) is 31.8 Å². The molecule has 0 bridgehead atoms. The summed E-state index contributed by atoms with van der Waals surface area (Å²) < 4.78 is 16.6. The van der Waals surface area contributed by atoms with Crippen LogP contribution in [0.2, 0.25) is 0 Å². The number of nitrogens with one attached hydrogen (secondary N) is 1. The van der Waals surface area contributed by atoms with Gasteiger partial charge in [-0.15, -0.1) is 0 Å². The molecule has 0 saturated heterocycles. The molecule has 1 N–H and O–H groups in total. The molecule has 2 heterocycles. The van der Waals surface area contributed by atoms with E-state index in [9.17, 15) is 4.39 Å². The summed E-state index contributed by atoms with van der Waals surface area (Å²) in [6.45, 7) is 2.62. The van der Waals surface area contributed by atoms with Crippen LogP contribution in [0.5, 0.6) is 0 Å². The summed E-state index contributed by atoms with van der Waals surface area (Å²) in [4.78, 5) is 4.82. The molecule has 4 aromatic carbocycles. The van der Waals surface area contributed by atoms with Gasteiger partial charge in [-0.1, -0.05) is 78.4 Å². The Hall–Kier alpha value is -4.44. The molecular weight excluding hydrogens is 481 g/mol. The standard InChI is InChI=1S/C35H30FN3/c1-23-13-18-33-31(19-23)29-9-6-10-30(29)35(38-33)24-14-16-27(17-15-24)37-21-28-20-25-7-3-5-12-34(25)39(28)22-26-8-2-4-11-32(26)36/h2-9,11-21,29-30,35,38H,10,22H2,1H3/t29-,30-,35+/m1/s1. The van der Waals surface area contributed by atoms with Gasteiger partial charge in [0.25, 0.3) is 0 Å². The van der Waals surface area contributed by atoms with Crippen LogP contribution in [0.15, 0.2) is 114 Å². The van der Waals surface area contributed by atoms with Gasteiger partial charge >= 0.3 is 0 Å². The molecule has 39 heavy (non-hydrogen) atoms. The Morgan fingerprint density at radius 2 is 1.77 bits per heavy atom. The van der Waals surface area contributed by atoms with Crippen molar-refractivity contribution in [1.29, 1.82) is 0 Å². The zero-order valence-corrected chi connectivity index (χ0v) is 21.9. The van der Waals surface area contributed by atoms with E-state index in [4.69, 9.17) is 4.99 Å². The van der Waals surface area contributed by atoms with Crippen LogP contribution in [0.4, 0.5) is 15.8 Å². The van der Waals surface area contributed by atoms with Crippen molar-refractivity contribution >= 4 is 28.5 Å². The second-order valence-corrected chi connectivity index (χ2v) is 10.7. The molecule has 7 rings (SSSR count). The first-order valence-corrected chi connectivity index (χ1v) is 13.6. The first-order chi connectivity index (χ1) is 19.1. The topological polar surface area (TPSA) is 29.3 Å². The van der Waals surface area contributed by atoms with Crippen molar-refractivity contribution in [3.8, 4) is 0 Å². The number of hydrogen-bond donors (Lipinski definition) is 1. The van der Waals surface area contributed by atoms with Gasteiger partial charge in [0.2, 0.25) is 0 Å². The van der Waals surface area contributed by atoms with Crippen molar-refractivity contribution in [2.75, 3.05) is 5.32 Å². The van der Waals surface area contributed by atoms with Crippen molar-refractivity contribution in [3.63, 3.8) is 0 Å². The molecule has 1 aliphatic heterocycles. The monoisotopic (exact) mass is 511 g/mol. The highest BCUT2D eigenvalue weighted by molar-refractivity contribution is 5.91. The number of allylic oxidation sites excluding steroid dienone is 2. The molecule has 192 valence electrons. The van der Waals surface area contributed by atoms with Crippen molar-refractivity contribution in [1.82, 2.24) is 4.57 Å². The van der Waals surface area contributed by atoms with Crippen LogP contribution in [0.25, 0.3) is 10.9 Å². The van der Waals surface area contributed by atoms with Crippen LogP contribution in [-0.2, 0) is 6.54 Å². The van der Waals surface area contributed by atoms with Crippen LogP contribution in [0.3, 0.4) is 0 Å². The van der Waals surface area contributed by atoms with Gasteiger partial charge in [0.15, 0.2) is 0 Å². The van der Waals surface area contributed by atoms with Gasteiger partial charge in [-0.3, -0.25) is 4.99 Å². The third kappa shape index (κ3) is 4.36. The first kappa shape index (κ1) is 23.7. The lowest BCUT2D eigenvalue weighted by molar-refractivity contribution is 0.425. The smallest absolute Gasteiger partial charge is 0.128 e. The summed E-state index contributed by atoms with van der Waals surface area (Å²) in [5.41, 5.74) is 8.82. The van der Waals surface area contributed by atoms with Gasteiger partial charge in [0.05, 0.1) is 30.2 Å². The molecule has 1 aromatic heterocycles. The number of hydrogen-bond acceptors (Lipinski definition) is 2. The number of para-hydroxylation sites is 1.